The zero-order chi connectivity index (χ0) is 51.3. The van der Waals surface area contributed by atoms with E-state index in [0.717, 1.165) is 58.8 Å². The van der Waals surface area contributed by atoms with Crippen LogP contribution in [0.25, 0.3) is 10.8 Å². The molecule has 1 spiro atoms. The van der Waals surface area contributed by atoms with Crippen LogP contribution in [0, 0.1) is 36.5 Å². The molecule has 9 rings (SSSR count). The van der Waals surface area contributed by atoms with Crippen LogP contribution < -0.4 is 26.1 Å². The fourth-order valence-corrected chi connectivity index (χ4v) is 11.2. The van der Waals surface area contributed by atoms with E-state index in [4.69, 9.17) is 28.7 Å². The van der Waals surface area contributed by atoms with Crippen LogP contribution in [-0.4, -0.2) is 149 Å². The van der Waals surface area contributed by atoms with Gasteiger partial charge in [-0.1, -0.05) is 59.8 Å². The van der Waals surface area contributed by atoms with E-state index in [0.29, 0.717) is 30.5 Å². The summed E-state index contributed by atoms with van der Waals surface area (Å²) in [5, 5.41) is 54.5. The number of likely N-dealkylation sites (tertiary alicyclic amines) is 2. The highest BCUT2D eigenvalue weighted by molar-refractivity contribution is 6.21. The number of hydrogen-bond donors (Lipinski definition) is 6. The number of fused-ring (bicyclic) bond motifs is 13. The lowest BCUT2D eigenvalue weighted by Gasteiger charge is -2.41. The zero-order valence-corrected chi connectivity index (χ0v) is 42.9. The molecule has 3 saturated heterocycles. The van der Waals surface area contributed by atoms with Crippen LogP contribution >= 0.6 is 0 Å². The second-order valence-corrected chi connectivity index (χ2v) is 21.4. The van der Waals surface area contributed by atoms with Crippen molar-refractivity contribution < 1.29 is 58.5 Å². The number of carbonyl (C=O) groups excluding carboxylic acids is 3. The summed E-state index contributed by atoms with van der Waals surface area (Å²) >= 11 is 0. The van der Waals surface area contributed by atoms with Gasteiger partial charge in [0.2, 0.25) is 0 Å². The Balaban J connectivity index is 1.18. The highest BCUT2D eigenvalue weighted by atomic mass is 16.7. The first-order chi connectivity index (χ1) is 33.7. The number of alkyl carbamates (subject to hydrolysis) is 1. The molecule has 0 saturated carbocycles. The highest BCUT2D eigenvalue weighted by Crippen LogP contribution is 2.51. The third-order valence-corrected chi connectivity index (χ3v) is 15.8. The Morgan fingerprint density at radius 1 is 0.944 bits per heavy atom. The van der Waals surface area contributed by atoms with E-state index in [1.54, 1.807) is 58.9 Å². The predicted molar refractivity (Wildman–Crippen MR) is 265 cm³/mol. The van der Waals surface area contributed by atoms with Crippen molar-refractivity contribution in [1.29, 1.82) is 0 Å². The van der Waals surface area contributed by atoms with Crippen LogP contribution in [-0.2, 0) is 23.7 Å². The topological polar surface area (TPSA) is 234 Å². The number of aliphatic hydroxyl groups is 2. The number of piperidine rings is 2. The van der Waals surface area contributed by atoms with Gasteiger partial charge in [0.05, 0.1) is 60.5 Å². The van der Waals surface area contributed by atoms with Crippen molar-refractivity contribution in [3.05, 3.63) is 58.0 Å². The highest BCUT2D eigenvalue weighted by Gasteiger charge is 2.51. The molecule has 18 nitrogen and oxygen atoms in total. The summed E-state index contributed by atoms with van der Waals surface area (Å²) in [6.07, 6.45) is 5.79. The van der Waals surface area contributed by atoms with Gasteiger partial charge in [-0.2, -0.15) is 0 Å². The van der Waals surface area contributed by atoms with E-state index in [-0.39, 0.29) is 55.7 Å². The van der Waals surface area contributed by atoms with Crippen molar-refractivity contribution in [2.24, 2.45) is 39.6 Å². The van der Waals surface area contributed by atoms with Crippen LogP contribution in [0.2, 0.25) is 0 Å². The minimum atomic E-state index is -1.98. The first-order valence-corrected chi connectivity index (χ1v) is 25.4. The van der Waals surface area contributed by atoms with E-state index in [1.807, 2.05) is 6.92 Å². The molecule has 2 amide bonds. The summed E-state index contributed by atoms with van der Waals surface area (Å²) in [4.78, 5) is 57.1. The monoisotopic (exact) mass is 987 g/mol. The van der Waals surface area contributed by atoms with E-state index >= 15 is 0 Å². The lowest BCUT2D eigenvalue weighted by molar-refractivity contribution is -0.114. The molecule has 71 heavy (non-hydrogen) atoms. The summed E-state index contributed by atoms with van der Waals surface area (Å²) in [5.41, 5.74) is -0.133. The second kappa shape index (κ2) is 20.8. The molecule has 0 radical (unpaired) electrons. The lowest BCUT2D eigenvalue weighted by atomic mass is 9.78. The molecule has 2 aromatic rings. The number of aromatic hydroxyl groups is 2. The quantitative estimate of drug-likeness (QED) is 0.214. The van der Waals surface area contributed by atoms with Gasteiger partial charge in [-0.3, -0.25) is 19.5 Å². The smallest absolute Gasteiger partial charge is 0.407 e. The SMILES string of the molecule is CO[C@H]1/C=C/O[C@@]2(C)Oc3c(C)c(O)c4c(O)c(c5c(c4c3C2=O)NC2(CCN(CC(C)C)CC2)N=5)=NC(=O)/C(C)=C\C=C\[C@H](C)[C@H](O)[C@@H](C)[C@@H](O)[C@@H](C)[C@H](OC(=O)NC2CCN(C3COC3)CC2)[C@@H]1C. The average Bonchev–Trinajstić information content (AvgIpc) is 3.82. The van der Waals surface area contributed by atoms with Crippen molar-refractivity contribution in [2.75, 3.05) is 58.4 Å². The number of nitrogens with zero attached hydrogens (tertiary/aromatic N) is 4. The van der Waals surface area contributed by atoms with E-state index in [9.17, 15) is 34.8 Å². The largest absolute Gasteiger partial charge is 0.507 e. The van der Waals surface area contributed by atoms with Gasteiger partial charge < -0.3 is 59.6 Å². The first kappa shape index (κ1) is 52.2. The molecule has 7 aliphatic rings. The van der Waals surface area contributed by atoms with E-state index < -0.39 is 83.1 Å². The zero-order valence-electron chi connectivity index (χ0n) is 42.9. The molecule has 0 unspecified atom stereocenters. The Labute approximate surface area is 415 Å². The maximum atomic E-state index is 14.9. The second-order valence-electron chi connectivity index (χ2n) is 21.4. The van der Waals surface area contributed by atoms with Crippen molar-refractivity contribution in [1.82, 2.24) is 15.1 Å². The van der Waals surface area contributed by atoms with Gasteiger partial charge in [0.1, 0.15) is 34.0 Å². The fourth-order valence-electron chi connectivity index (χ4n) is 11.2. The third kappa shape index (κ3) is 10.2. The predicted octanol–water partition coefficient (Wildman–Crippen LogP) is 4.78. The number of carbonyl (C=O) groups is 3. The number of ether oxygens (including phenoxy) is 5. The number of phenols is 2. The number of phenolic OH excluding ortho intramolecular Hbond substituents is 2. The van der Waals surface area contributed by atoms with E-state index in [1.165, 1.54) is 20.3 Å². The number of benzene rings is 2. The van der Waals surface area contributed by atoms with Crippen LogP contribution in [0.5, 0.6) is 17.2 Å². The number of ketones is 1. The summed E-state index contributed by atoms with van der Waals surface area (Å²) < 4.78 is 30.2. The first-order valence-electron chi connectivity index (χ1n) is 25.4. The Morgan fingerprint density at radius 2 is 1.63 bits per heavy atom. The molecule has 0 aliphatic carbocycles. The molecule has 0 aromatic heterocycles. The number of hydrogen-bond acceptors (Lipinski definition) is 16. The van der Waals surface area contributed by atoms with Gasteiger partial charge in [-0.05, 0) is 38.7 Å². The maximum absolute atomic E-state index is 14.9. The van der Waals surface area contributed by atoms with Crippen molar-refractivity contribution in [2.45, 2.75) is 136 Å². The molecule has 7 heterocycles. The minimum absolute atomic E-state index is 0.0513. The van der Waals surface area contributed by atoms with Gasteiger partial charge in [0.25, 0.3) is 11.7 Å². The number of allylic oxidation sites excluding steroid dienone is 2. The molecular formula is C53H74N6O12. The summed E-state index contributed by atoms with van der Waals surface area (Å²) in [6, 6.07) is 0.287. The fraction of sp³-hybridized carbons (Fsp3) is 0.642. The summed E-state index contributed by atoms with van der Waals surface area (Å²) in [7, 11) is 1.49. The number of methoxy groups -OCH3 is 1. The Hall–Kier alpha value is -5.11. The van der Waals surface area contributed by atoms with Gasteiger partial charge in [-0.25, -0.2) is 9.79 Å². The van der Waals surface area contributed by atoms with Crippen LogP contribution in [0.1, 0.15) is 97.0 Å². The summed E-state index contributed by atoms with van der Waals surface area (Å²) in [5.74, 6) is -6.22. The minimum Gasteiger partial charge on any atom is -0.507 e. The molecular weight excluding hydrogens is 913 g/mol. The number of Topliss-reactive ketones (excluding diaryl/α,β-unsaturated/α-hetero) is 1. The molecule has 388 valence electrons. The van der Waals surface area contributed by atoms with Crippen molar-refractivity contribution >= 4 is 34.2 Å². The van der Waals surface area contributed by atoms with Crippen LogP contribution in [0.15, 0.2) is 46.1 Å². The molecule has 5 bridgehead atoms. The molecule has 3 fully saturated rings. The molecule has 9 atom stereocenters. The Bertz CT molecular complexity index is 2600. The van der Waals surface area contributed by atoms with Crippen LogP contribution in [0.4, 0.5) is 10.5 Å². The number of rotatable bonds is 6. The van der Waals surface area contributed by atoms with Gasteiger partial charge in [0, 0.05) is 106 Å². The number of amides is 2. The molecule has 2 aromatic carbocycles. The standard InChI is InChI=1S/C53H74N6O12/c1-27(2)24-58-21-17-53(18-22-58)56-40-37-38-45(62)33(8)48-39(37)49(64)52(9,71-48)69-23-16-36(67-10)30(5)47(70-51(66)54-34-14-19-59(20-15-34)35-25-68-26-35)32(7)44(61)31(6)43(60)28(3)12-11-13-29(4)50(65)55-42(46(38)63)41(40)57-53/h11-13,16,23,27-28,30-32,34-36,43-44,47,56,60-63H,14-15,17-22,24-26H2,1-10H3,(H,54,66)/b12-11+,23-16+,29-13-,55-42?/t28-,30+,31+,32+,36-,43-,44+,47+,52-/m0/s1. The number of nitrogens with one attached hydrogen (secondary N) is 2. The van der Waals surface area contributed by atoms with Crippen molar-refractivity contribution in [3.63, 3.8) is 0 Å². The Kier molecular flexibility index (Phi) is 15.3. The average molecular weight is 987 g/mol. The van der Waals surface area contributed by atoms with Gasteiger partial charge in [-0.15, -0.1) is 0 Å². The lowest BCUT2D eigenvalue weighted by Crippen LogP contribution is -2.55. The van der Waals surface area contributed by atoms with Crippen molar-refractivity contribution in [3.8, 4) is 17.2 Å². The third-order valence-electron chi connectivity index (χ3n) is 15.8. The van der Waals surface area contributed by atoms with Gasteiger partial charge in [0.15, 0.2) is 5.75 Å². The maximum Gasteiger partial charge on any atom is 0.407 e. The molecule has 7 aliphatic heterocycles. The molecule has 6 N–H and O–H groups in total. The van der Waals surface area contributed by atoms with E-state index in [2.05, 4.69) is 39.3 Å². The number of anilines is 1. The number of aliphatic hydroxyl groups excluding tert-OH is 2. The van der Waals surface area contributed by atoms with Crippen LogP contribution in [0.3, 0.4) is 0 Å². The Morgan fingerprint density at radius 3 is 2.27 bits per heavy atom. The van der Waals surface area contributed by atoms with Gasteiger partial charge >= 0.3 is 11.9 Å². The normalized spacial score (nSPS) is 32.8. The summed E-state index contributed by atoms with van der Waals surface area (Å²) in [6.45, 7) is 21.5. The molecule has 18 heteroatoms.